The van der Waals surface area contributed by atoms with E-state index in [4.69, 9.17) is 4.42 Å². The van der Waals surface area contributed by atoms with Crippen LogP contribution < -0.4 is 17.6 Å². The summed E-state index contributed by atoms with van der Waals surface area (Å²) < 4.78 is 12.9. The molecule has 3 heteroatoms. The van der Waals surface area contributed by atoms with Gasteiger partial charge in [0.05, 0.1) is 0 Å². The average Bonchev–Trinajstić information content (AvgIpc) is 3.91. The third-order valence-electron chi connectivity index (χ3n) is 11.4. The van der Waals surface area contributed by atoms with Crippen LogP contribution in [0.4, 0.5) is 0 Å². The summed E-state index contributed by atoms with van der Waals surface area (Å²) in [6.07, 6.45) is 0. The Balaban J connectivity index is 1.20. The molecule has 1 nitrogen and oxygen atoms in total. The second-order valence-electron chi connectivity index (χ2n) is 14.1. The zero-order chi connectivity index (χ0) is 34.6. The number of rotatable bonds is 3. The van der Waals surface area contributed by atoms with Gasteiger partial charge in [0.25, 0.3) is 0 Å². The zero-order valence-electron chi connectivity index (χ0n) is 28.6. The summed E-state index contributed by atoms with van der Waals surface area (Å²) in [5.74, 6) is 0. The molecule has 0 saturated carbocycles. The molecule has 0 aliphatic carbocycles. The average molecular weight is 790 g/mol. The molecule has 0 bridgehead atoms. The van der Waals surface area contributed by atoms with Crippen LogP contribution in [0.2, 0.25) is 0 Å². The van der Waals surface area contributed by atoms with Crippen LogP contribution in [0.3, 0.4) is 0 Å². The molecule has 9 aromatic carbocycles. The standard InChI is InChI=1S/C50H28Ge2O/c1-4-25-44-31(12-1)38-21-9-19-36(48(38)51-44)29-15-7-17-34-42(29)28-43-30(37-20-10-22-39-32-13-2-5-26-45(32)52-49(37)39)16-8-18-35(43)47(34)41-24-11-23-40-33-14-3-6-27-46(33)53-50(40)41/h1-28H. The maximum absolute atomic E-state index is 6.77. The molecular formula is C50H28Ge2O. The van der Waals surface area contributed by atoms with Crippen molar-refractivity contribution < 1.29 is 4.42 Å². The second-order valence-corrected chi connectivity index (χ2v) is 19.5. The summed E-state index contributed by atoms with van der Waals surface area (Å²) in [5, 5.41) is 7.41. The number of fused-ring (bicyclic) bond motifs is 11. The van der Waals surface area contributed by atoms with Crippen LogP contribution in [0.25, 0.3) is 99.1 Å². The van der Waals surface area contributed by atoms with Crippen LogP contribution in [0.5, 0.6) is 0 Å². The normalized spacial score (nSPS) is 12.8. The summed E-state index contributed by atoms with van der Waals surface area (Å²) in [6, 6.07) is 63.5. The first kappa shape index (κ1) is 29.9. The van der Waals surface area contributed by atoms with Gasteiger partial charge in [0.1, 0.15) is 0 Å². The van der Waals surface area contributed by atoms with Crippen molar-refractivity contribution in [3.8, 4) is 55.6 Å². The summed E-state index contributed by atoms with van der Waals surface area (Å²) >= 11 is -0.954. The first-order valence-corrected chi connectivity index (χ1v) is 22.4. The number of hydrogen-bond acceptors (Lipinski definition) is 1. The van der Waals surface area contributed by atoms with Crippen molar-refractivity contribution in [1.29, 1.82) is 0 Å². The van der Waals surface area contributed by atoms with E-state index >= 15 is 0 Å². The van der Waals surface area contributed by atoms with Crippen molar-refractivity contribution in [2.45, 2.75) is 0 Å². The Morgan fingerprint density at radius 3 is 1.32 bits per heavy atom. The molecule has 12 rings (SSSR count). The molecule has 0 fully saturated rings. The Morgan fingerprint density at radius 1 is 0.302 bits per heavy atom. The van der Waals surface area contributed by atoms with E-state index in [-0.39, 0.29) is 0 Å². The molecule has 2 aliphatic heterocycles. The summed E-state index contributed by atoms with van der Waals surface area (Å²) in [6.45, 7) is 0. The minimum atomic E-state index is -0.477. The molecule has 0 amide bonds. The maximum atomic E-state index is 6.77. The first-order valence-electron chi connectivity index (χ1n) is 18.2. The van der Waals surface area contributed by atoms with E-state index in [1.54, 1.807) is 8.79 Å². The molecule has 0 N–H and O–H groups in total. The topological polar surface area (TPSA) is 13.1 Å². The minimum absolute atomic E-state index is 0.477. The van der Waals surface area contributed by atoms with E-state index in [0.717, 1.165) is 27.5 Å². The van der Waals surface area contributed by atoms with Crippen LogP contribution in [0.15, 0.2) is 174 Å². The van der Waals surface area contributed by atoms with Gasteiger partial charge in [-0.05, 0) is 0 Å². The Morgan fingerprint density at radius 2 is 0.717 bits per heavy atom. The number of para-hydroxylation sites is 2. The van der Waals surface area contributed by atoms with Crippen molar-refractivity contribution in [2.75, 3.05) is 0 Å². The summed E-state index contributed by atoms with van der Waals surface area (Å²) in [4.78, 5) is 0. The molecule has 53 heavy (non-hydrogen) atoms. The van der Waals surface area contributed by atoms with Crippen molar-refractivity contribution in [1.82, 2.24) is 0 Å². The van der Waals surface area contributed by atoms with E-state index in [2.05, 4.69) is 170 Å². The Bertz CT molecular complexity index is 3030. The van der Waals surface area contributed by atoms with E-state index in [0.29, 0.717) is 0 Å². The molecule has 4 radical (unpaired) electrons. The molecule has 10 aromatic rings. The fourth-order valence-electron chi connectivity index (χ4n) is 9.07. The van der Waals surface area contributed by atoms with Crippen molar-refractivity contribution in [2.24, 2.45) is 0 Å². The fraction of sp³-hybridized carbons (Fsp3) is 0. The van der Waals surface area contributed by atoms with E-state index in [1.807, 2.05) is 0 Å². The van der Waals surface area contributed by atoms with Crippen molar-refractivity contribution in [3.05, 3.63) is 170 Å². The van der Waals surface area contributed by atoms with Gasteiger partial charge in [-0.1, -0.05) is 0 Å². The van der Waals surface area contributed by atoms with Gasteiger partial charge in [-0.25, -0.2) is 0 Å². The van der Waals surface area contributed by atoms with E-state index in [1.165, 1.54) is 80.4 Å². The Kier molecular flexibility index (Phi) is 6.46. The quantitative estimate of drug-likeness (QED) is 0.128. The monoisotopic (exact) mass is 792 g/mol. The number of hydrogen-bond donors (Lipinski definition) is 0. The summed E-state index contributed by atoms with van der Waals surface area (Å²) in [7, 11) is 0. The predicted octanol–water partition coefficient (Wildman–Crippen LogP) is 10.2. The number of furan rings is 1. The molecule has 0 saturated heterocycles. The Labute approximate surface area is 319 Å². The van der Waals surface area contributed by atoms with Gasteiger partial charge in [-0.2, -0.15) is 0 Å². The molecule has 0 atom stereocenters. The second kappa shape index (κ2) is 11.4. The van der Waals surface area contributed by atoms with E-state index in [9.17, 15) is 0 Å². The molecule has 0 unspecified atom stereocenters. The van der Waals surface area contributed by atoms with Crippen molar-refractivity contribution >= 4 is 91.9 Å². The molecular weight excluding hydrogens is 762 g/mol. The van der Waals surface area contributed by atoms with Gasteiger partial charge in [-0.15, -0.1) is 0 Å². The zero-order valence-corrected chi connectivity index (χ0v) is 32.8. The third kappa shape index (κ3) is 4.32. The van der Waals surface area contributed by atoms with Gasteiger partial charge in [-0.3, -0.25) is 0 Å². The molecule has 2 aliphatic rings. The third-order valence-corrected chi connectivity index (χ3v) is 17.6. The van der Waals surface area contributed by atoms with Crippen LogP contribution in [0, 0.1) is 0 Å². The van der Waals surface area contributed by atoms with Gasteiger partial charge in [0, 0.05) is 0 Å². The van der Waals surface area contributed by atoms with Crippen LogP contribution >= 0.6 is 0 Å². The van der Waals surface area contributed by atoms with E-state index < -0.39 is 30.9 Å². The molecule has 0 spiro atoms. The Hall–Kier alpha value is -5.61. The molecule has 242 valence electrons. The predicted molar refractivity (Wildman–Crippen MR) is 226 cm³/mol. The molecule has 3 heterocycles. The SMILES string of the molecule is c1ccc2[c](c1)[Ge][c]1c-2cccc1-c1cccc2c(-c3cccc4c3oc3ccccc34)c3cccc(-c4cccc5[c]4[Ge][c]4ccccc4-5)c3cc12. The van der Waals surface area contributed by atoms with Crippen molar-refractivity contribution in [3.63, 3.8) is 0 Å². The van der Waals surface area contributed by atoms with Gasteiger partial charge in [0.2, 0.25) is 0 Å². The number of benzene rings is 9. The van der Waals surface area contributed by atoms with Gasteiger partial charge < -0.3 is 0 Å². The fourth-order valence-corrected chi connectivity index (χ4v) is 15.4. The summed E-state index contributed by atoms with van der Waals surface area (Å²) in [5.41, 5.74) is 15.3. The van der Waals surface area contributed by atoms with Gasteiger partial charge >= 0.3 is 322 Å². The molecule has 1 aromatic heterocycles. The van der Waals surface area contributed by atoms with Crippen LogP contribution in [-0.2, 0) is 0 Å². The van der Waals surface area contributed by atoms with Crippen LogP contribution in [-0.4, -0.2) is 30.9 Å². The first-order chi connectivity index (χ1) is 26.3. The van der Waals surface area contributed by atoms with Gasteiger partial charge in [0.15, 0.2) is 0 Å². The van der Waals surface area contributed by atoms with Crippen LogP contribution in [0.1, 0.15) is 0 Å².